The third kappa shape index (κ3) is 6.35. The summed E-state index contributed by atoms with van der Waals surface area (Å²) in [5.41, 5.74) is 6.01. The molecule has 3 heteroatoms. The number of rotatable bonds is 8. The predicted molar refractivity (Wildman–Crippen MR) is 61.5 cm³/mol. The number of ether oxygens (including phenoxy) is 1. The highest BCUT2D eigenvalue weighted by atomic mass is 16.5. The van der Waals surface area contributed by atoms with Crippen LogP contribution in [0.1, 0.15) is 33.1 Å². The van der Waals surface area contributed by atoms with Crippen LogP contribution in [-0.2, 0) is 4.74 Å². The lowest BCUT2D eigenvalue weighted by Crippen LogP contribution is -2.41. The summed E-state index contributed by atoms with van der Waals surface area (Å²) in [7, 11) is 3.84. The number of likely N-dealkylation sites (N-methyl/N-ethyl adjacent to an activating group) is 1. The van der Waals surface area contributed by atoms with E-state index < -0.39 is 0 Å². The van der Waals surface area contributed by atoms with E-state index in [4.69, 9.17) is 10.5 Å². The molecule has 0 radical (unpaired) electrons. The molecule has 0 rings (SSSR count). The molecule has 2 N–H and O–H groups in total. The van der Waals surface area contributed by atoms with E-state index in [1.54, 1.807) is 7.11 Å². The molecule has 3 nitrogen and oxygen atoms in total. The highest BCUT2D eigenvalue weighted by Crippen LogP contribution is 2.02. The maximum atomic E-state index is 6.01. The molecule has 0 aromatic carbocycles. The summed E-state index contributed by atoms with van der Waals surface area (Å²) in [4.78, 5) is 2.27. The van der Waals surface area contributed by atoms with Crippen LogP contribution in [0.25, 0.3) is 0 Å². The highest BCUT2D eigenvalue weighted by Gasteiger charge is 2.11. The van der Waals surface area contributed by atoms with E-state index in [9.17, 15) is 0 Å². The molecule has 0 heterocycles. The van der Waals surface area contributed by atoms with Crippen molar-refractivity contribution in [1.82, 2.24) is 4.90 Å². The zero-order valence-corrected chi connectivity index (χ0v) is 10.1. The summed E-state index contributed by atoms with van der Waals surface area (Å²) < 4.78 is 5.10. The van der Waals surface area contributed by atoms with Gasteiger partial charge in [0.25, 0.3) is 0 Å². The van der Waals surface area contributed by atoms with E-state index in [0.717, 1.165) is 19.6 Å². The molecule has 0 fully saturated rings. The number of nitrogens with zero attached hydrogens (tertiary/aromatic N) is 1. The molecule has 0 aliphatic carbocycles. The van der Waals surface area contributed by atoms with E-state index >= 15 is 0 Å². The third-order valence-electron chi connectivity index (χ3n) is 2.61. The van der Waals surface area contributed by atoms with Crippen LogP contribution in [0.4, 0.5) is 0 Å². The van der Waals surface area contributed by atoms with Crippen molar-refractivity contribution in [3.63, 3.8) is 0 Å². The summed E-state index contributed by atoms with van der Waals surface area (Å²) >= 11 is 0. The molecular weight excluding hydrogens is 176 g/mol. The van der Waals surface area contributed by atoms with Gasteiger partial charge >= 0.3 is 0 Å². The summed E-state index contributed by atoms with van der Waals surface area (Å²) in [5, 5.41) is 0. The Bertz CT molecular complexity index is 130. The van der Waals surface area contributed by atoms with Gasteiger partial charge in [0.2, 0.25) is 0 Å². The second-order valence-electron chi connectivity index (χ2n) is 4.15. The fourth-order valence-corrected chi connectivity index (χ4v) is 1.48. The van der Waals surface area contributed by atoms with Crippen LogP contribution in [0, 0.1) is 0 Å². The van der Waals surface area contributed by atoms with Gasteiger partial charge in [-0.05, 0) is 20.4 Å². The van der Waals surface area contributed by atoms with Gasteiger partial charge in [0.15, 0.2) is 0 Å². The van der Waals surface area contributed by atoms with Crippen LogP contribution in [0.3, 0.4) is 0 Å². The lowest BCUT2D eigenvalue weighted by Gasteiger charge is -2.26. The van der Waals surface area contributed by atoms with E-state index in [1.807, 2.05) is 0 Å². The van der Waals surface area contributed by atoms with Gasteiger partial charge in [0.05, 0.1) is 6.61 Å². The number of methoxy groups -OCH3 is 1. The molecule has 2 atom stereocenters. The molecule has 0 spiro atoms. The summed E-state index contributed by atoms with van der Waals surface area (Å²) in [6.07, 6.45) is 3.58. The monoisotopic (exact) mass is 202 g/mol. The largest absolute Gasteiger partial charge is 0.383 e. The molecule has 14 heavy (non-hydrogen) atoms. The van der Waals surface area contributed by atoms with E-state index in [-0.39, 0.29) is 0 Å². The Morgan fingerprint density at radius 1 is 1.43 bits per heavy atom. The average molecular weight is 202 g/mol. The molecule has 0 aromatic rings. The highest BCUT2D eigenvalue weighted by molar-refractivity contribution is 4.70. The molecule has 0 bridgehead atoms. The first kappa shape index (κ1) is 13.9. The Kier molecular flexibility index (Phi) is 8.14. The fourth-order valence-electron chi connectivity index (χ4n) is 1.48. The molecule has 0 aromatic heterocycles. The first-order chi connectivity index (χ1) is 6.61. The topological polar surface area (TPSA) is 38.5 Å². The minimum Gasteiger partial charge on any atom is -0.383 e. The number of nitrogens with two attached hydrogens (primary N) is 1. The summed E-state index contributed by atoms with van der Waals surface area (Å²) in [6, 6.07) is 0.756. The molecular formula is C11H26N2O. The second kappa shape index (κ2) is 8.21. The Balaban J connectivity index is 3.63. The number of hydrogen-bond acceptors (Lipinski definition) is 3. The first-order valence-electron chi connectivity index (χ1n) is 5.56. The van der Waals surface area contributed by atoms with Crippen molar-refractivity contribution >= 4 is 0 Å². The van der Waals surface area contributed by atoms with Crippen molar-refractivity contribution in [2.45, 2.75) is 45.2 Å². The molecule has 86 valence electrons. The van der Waals surface area contributed by atoms with Gasteiger partial charge in [-0.15, -0.1) is 0 Å². The predicted octanol–water partition coefficient (Wildman–Crippen LogP) is 1.47. The Labute approximate surface area is 88.6 Å². The molecule has 0 aliphatic rings. The van der Waals surface area contributed by atoms with Crippen molar-refractivity contribution in [3.05, 3.63) is 0 Å². The van der Waals surface area contributed by atoms with Gasteiger partial charge in [-0.3, -0.25) is 4.90 Å². The van der Waals surface area contributed by atoms with Crippen LogP contribution in [-0.4, -0.2) is 44.3 Å². The van der Waals surface area contributed by atoms with Gasteiger partial charge in [0.1, 0.15) is 0 Å². The van der Waals surface area contributed by atoms with Crippen molar-refractivity contribution < 1.29 is 4.74 Å². The van der Waals surface area contributed by atoms with Gasteiger partial charge in [-0.1, -0.05) is 19.8 Å². The Hall–Kier alpha value is -0.120. The van der Waals surface area contributed by atoms with Gasteiger partial charge in [-0.25, -0.2) is 0 Å². The normalized spacial score (nSPS) is 15.9. The zero-order chi connectivity index (χ0) is 11.0. The van der Waals surface area contributed by atoms with Gasteiger partial charge in [-0.2, -0.15) is 0 Å². The quantitative estimate of drug-likeness (QED) is 0.648. The lowest BCUT2D eigenvalue weighted by molar-refractivity contribution is 0.111. The van der Waals surface area contributed by atoms with Crippen molar-refractivity contribution in [3.8, 4) is 0 Å². The lowest BCUT2D eigenvalue weighted by atomic mass is 10.1. The fraction of sp³-hybridized carbons (Fsp3) is 1.00. The molecule has 2 unspecified atom stereocenters. The minimum atomic E-state index is 0.305. The standard InChI is InChI=1S/C11H26N2O/c1-5-6-7-11(12)8-13(3)10(2)9-14-4/h10-11H,5-9,12H2,1-4H3. The van der Waals surface area contributed by atoms with E-state index in [0.29, 0.717) is 12.1 Å². The molecule has 0 aliphatic heterocycles. The number of unbranched alkanes of at least 4 members (excludes halogenated alkanes) is 1. The Morgan fingerprint density at radius 3 is 2.57 bits per heavy atom. The van der Waals surface area contributed by atoms with Crippen LogP contribution < -0.4 is 5.73 Å². The second-order valence-corrected chi connectivity index (χ2v) is 4.15. The smallest absolute Gasteiger partial charge is 0.0615 e. The first-order valence-corrected chi connectivity index (χ1v) is 5.56. The molecule has 0 amide bonds. The Morgan fingerprint density at radius 2 is 2.07 bits per heavy atom. The van der Waals surface area contributed by atoms with Crippen LogP contribution in [0.15, 0.2) is 0 Å². The summed E-state index contributed by atoms with van der Waals surface area (Å²) in [6.45, 7) is 6.10. The van der Waals surface area contributed by atoms with E-state index in [1.165, 1.54) is 12.8 Å². The van der Waals surface area contributed by atoms with Crippen molar-refractivity contribution in [2.24, 2.45) is 5.73 Å². The van der Waals surface area contributed by atoms with Gasteiger partial charge < -0.3 is 10.5 Å². The van der Waals surface area contributed by atoms with Crippen LogP contribution in [0.2, 0.25) is 0 Å². The molecule has 0 saturated heterocycles. The maximum absolute atomic E-state index is 6.01. The third-order valence-corrected chi connectivity index (χ3v) is 2.61. The average Bonchev–Trinajstić information content (AvgIpc) is 2.15. The SMILES string of the molecule is CCCCC(N)CN(C)C(C)COC. The van der Waals surface area contributed by atoms with Crippen molar-refractivity contribution in [2.75, 3.05) is 27.3 Å². The minimum absolute atomic E-state index is 0.305. The summed E-state index contributed by atoms with van der Waals surface area (Å²) in [5.74, 6) is 0. The maximum Gasteiger partial charge on any atom is 0.0615 e. The van der Waals surface area contributed by atoms with Crippen molar-refractivity contribution in [1.29, 1.82) is 0 Å². The zero-order valence-electron chi connectivity index (χ0n) is 10.1. The number of hydrogen-bond donors (Lipinski definition) is 1. The van der Waals surface area contributed by atoms with Gasteiger partial charge in [0, 0.05) is 25.7 Å². The van der Waals surface area contributed by atoms with E-state index in [2.05, 4.69) is 25.8 Å². The molecule has 0 saturated carbocycles. The van der Waals surface area contributed by atoms with Crippen LogP contribution in [0.5, 0.6) is 0 Å². The van der Waals surface area contributed by atoms with Crippen LogP contribution >= 0.6 is 0 Å².